The summed E-state index contributed by atoms with van der Waals surface area (Å²) in [5.41, 5.74) is 1.97. The SMILES string of the molecule is CC1(C)CCC(O)(c2cccc3c2OCC3)CC1. The lowest BCUT2D eigenvalue weighted by atomic mass is 9.68. The molecule has 0 unspecified atom stereocenters. The second kappa shape index (κ2) is 3.99. The molecule has 18 heavy (non-hydrogen) atoms. The van der Waals surface area contributed by atoms with Crippen molar-refractivity contribution < 1.29 is 9.84 Å². The lowest BCUT2D eigenvalue weighted by Crippen LogP contribution is -2.34. The highest BCUT2D eigenvalue weighted by Crippen LogP contribution is 2.48. The highest BCUT2D eigenvalue weighted by atomic mass is 16.5. The smallest absolute Gasteiger partial charge is 0.128 e. The van der Waals surface area contributed by atoms with E-state index in [-0.39, 0.29) is 0 Å². The van der Waals surface area contributed by atoms with E-state index in [1.165, 1.54) is 5.56 Å². The van der Waals surface area contributed by atoms with E-state index in [1.54, 1.807) is 0 Å². The molecule has 1 aromatic carbocycles. The molecule has 2 nitrogen and oxygen atoms in total. The van der Waals surface area contributed by atoms with Gasteiger partial charge in [0.05, 0.1) is 12.2 Å². The zero-order valence-corrected chi connectivity index (χ0v) is 11.3. The van der Waals surface area contributed by atoms with Gasteiger partial charge in [0.1, 0.15) is 5.75 Å². The molecule has 1 saturated carbocycles. The summed E-state index contributed by atoms with van der Waals surface area (Å²) in [5.74, 6) is 0.958. The standard InChI is InChI=1S/C16H22O2/c1-15(2)7-9-16(17,10-8-15)13-5-3-4-12-6-11-18-14(12)13/h3-5,17H,6-11H2,1-2H3. The third kappa shape index (κ3) is 1.93. The molecule has 2 aliphatic rings. The predicted octanol–water partition coefficient (Wildman–Crippen LogP) is 3.41. The van der Waals surface area contributed by atoms with E-state index >= 15 is 0 Å². The second-order valence-electron chi connectivity index (χ2n) is 6.59. The predicted molar refractivity (Wildman–Crippen MR) is 71.8 cm³/mol. The molecule has 0 saturated heterocycles. The minimum Gasteiger partial charge on any atom is -0.493 e. The van der Waals surface area contributed by atoms with Crippen molar-refractivity contribution in [3.63, 3.8) is 0 Å². The topological polar surface area (TPSA) is 29.5 Å². The Labute approximate surface area is 109 Å². The highest BCUT2D eigenvalue weighted by Gasteiger charge is 2.40. The van der Waals surface area contributed by atoms with Gasteiger partial charge in [0.25, 0.3) is 0 Å². The van der Waals surface area contributed by atoms with Crippen molar-refractivity contribution in [2.75, 3.05) is 6.61 Å². The molecule has 1 fully saturated rings. The van der Waals surface area contributed by atoms with Crippen molar-refractivity contribution in [2.24, 2.45) is 5.41 Å². The number of para-hydroxylation sites is 1. The molecule has 1 aliphatic carbocycles. The van der Waals surface area contributed by atoms with Gasteiger partial charge >= 0.3 is 0 Å². The molecule has 0 spiro atoms. The van der Waals surface area contributed by atoms with E-state index in [2.05, 4.69) is 26.0 Å². The minimum atomic E-state index is -0.675. The number of fused-ring (bicyclic) bond motifs is 1. The van der Waals surface area contributed by atoms with Crippen LogP contribution in [0.3, 0.4) is 0 Å². The summed E-state index contributed by atoms with van der Waals surface area (Å²) in [6.45, 7) is 5.34. The van der Waals surface area contributed by atoms with E-state index in [0.717, 1.165) is 50.0 Å². The molecule has 1 aliphatic heterocycles. The first kappa shape index (κ1) is 12.0. The third-order valence-electron chi connectivity index (χ3n) is 4.65. The van der Waals surface area contributed by atoms with Crippen LogP contribution in [0, 0.1) is 5.41 Å². The number of hydrogen-bond donors (Lipinski definition) is 1. The van der Waals surface area contributed by atoms with Gasteiger partial charge in [-0.15, -0.1) is 0 Å². The number of ether oxygens (including phenoxy) is 1. The van der Waals surface area contributed by atoms with Crippen molar-refractivity contribution in [3.05, 3.63) is 29.3 Å². The maximum atomic E-state index is 11.0. The summed E-state index contributed by atoms with van der Waals surface area (Å²) in [7, 11) is 0. The van der Waals surface area contributed by atoms with Crippen LogP contribution in [0.5, 0.6) is 5.75 Å². The highest BCUT2D eigenvalue weighted by molar-refractivity contribution is 5.47. The normalized spacial score (nSPS) is 24.4. The van der Waals surface area contributed by atoms with Crippen LogP contribution in [-0.4, -0.2) is 11.7 Å². The third-order valence-corrected chi connectivity index (χ3v) is 4.65. The van der Waals surface area contributed by atoms with E-state index in [4.69, 9.17) is 4.74 Å². The Hall–Kier alpha value is -1.02. The zero-order chi connectivity index (χ0) is 12.8. The monoisotopic (exact) mass is 246 g/mol. The molecule has 1 heterocycles. The molecule has 0 bridgehead atoms. The van der Waals surface area contributed by atoms with Gasteiger partial charge in [-0.05, 0) is 36.7 Å². The molecule has 0 atom stereocenters. The van der Waals surface area contributed by atoms with Crippen LogP contribution >= 0.6 is 0 Å². The fourth-order valence-corrected chi connectivity index (χ4v) is 3.19. The Kier molecular flexibility index (Phi) is 2.67. The zero-order valence-electron chi connectivity index (χ0n) is 11.3. The maximum Gasteiger partial charge on any atom is 0.128 e. The molecule has 1 aromatic rings. The minimum absolute atomic E-state index is 0.366. The van der Waals surface area contributed by atoms with Crippen molar-refractivity contribution in [3.8, 4) is 5.75 Å². The van der Waals surface area contributed by atoms with Crippen LogP contribution in [0.2, 0.25) is 0 Å². The fraction of sp³-hybridized carbons (Fsp3) is 0.625. The largest absolute Gasteiger partial charge is 0.493 e. The molecule has 0 radical (unpaired) electrons. The Morgan fingerprint density at radius 2 is 1.83 bits per heavy atom. The van der Waals surface area contributed by atoms with Crippen molar-refractivity contribution in [1.29, 1.82) is 0 Å². The molecule has 98 valence electrons. The number of hydrogen-bond acceptors (Lipinski definition) is 2. The van der Waals surface area contributed by atoms with Crippen LogP contribution in [0.15, 0.2) is 18.2 Å². The maximum absolute atomic E-state index is 11.0. The van der Waals surface area contributed by atoms with Gasteiger partial charge in [0.2, 0.25) is 0 Å². The molecule has 2 heteroatoms. The Morgan fingerprint density at radius 1 is 1.11 bits per heavy atom. The van der Waals surface area contributed by atoms with Crippen LogP contribution in [0.25, 0.3) is 0 Å². The molecule has 0 amide bonds. The van der Waals surface area contributed by atoms with Crippen LogP contribution in [0.4, 0.5) is 0 Å². The van der Waals surface area contributed by atoms with Crippen molar-refractivity contribution >= 4 is 0 Å². The molecule has 1 N–H and O–H groups in total. The first-order valence-electron chi connectivity index (χ1n) is 6.98. The van der Waals surface area contributed by atoms with Gasteiger partial charge in [-0.25, -0.2) is 0 Å². The Bertz CT molecular complexity index is 452. The summed E-state index contributed by atoms with van der Waals surface area (Å²) in [5, 5.41) is 11.0. The number of aliphatic hydroxyl groups is 1. The lowest BCUT2D eigenvalue weighted by molar-refractivity contribution is -0.0320. The Morgan fingerprint density at radius 3 is 2.56 bits per heavy atom. The van der Waals surface area contributed by atoms with E-state index in [9.17, 15) is 5.11 Å². The van der Waals surface area contributed by atoms with Crippen LogP contribution in [0.1, 0.15) is 50.7 Å². The van der Waals surface area contributed by atoms with Gasteiger partial charge in [-0.3, -0.25) is 0 Å². The van der Waals surface area contributed by atoms with Crippen molar-refractivity contribution in [2.45, 2.75) is 51.6 Å². The Balaban J connectivity index is 1.93. The first-order valence-corrected chi connectivity index (χ1v) is 6.98. The van der Waals surface area contributed by atoms with Crippen molar-refractivity contribution in [1.82, 2.24) is 0 Å². The van der Waals surface area contributed by atoms with Crippen LogP contribution in [-0.2, 0) is 12.0 Å². The van der Waals surface area contributed by atoms with E-state index in [1.807, 2.05) is 6.07 Å². The van der Waals surface area contributed by atoms with E-state index < -0.39 is 5.60 Å². The first-order chi connectivity index (χ1) is 8.50. The summed E-state index contributed by atoms with van der Waals surface area (Å²) < 4.78 is 5.74. The average molecular weight is 246 g/mol. The van der Waals surface area contributed by atoms with Gasteiger partial charge in [-0.2, -0.15) is 0 Å². The van der Waals surface area contributed by atoms with Gasteiger partial charge in [0.15, 0.2) is 0 Å². The molecular formula is C16H22O2. The molecule has 0 aromatic heterocycles. The van der Waals surface area contributed by atoms with Crippen LogP contribution < -0.4 is 4.74 Å². The number of benzene rings is 1. The molecular weight excluding hydrogens is 224 g/mol. The molecule has 3 rings (SSSR count). The summed E-state index contributed by atoms with van der Waals surface area (Å²) in [6, 6.07) is 6.21. The summed E-state index contributed by atoms with van der Waals surface area (Å²) in [6.07, 6.45) is 4.82. The average Bonchev–Trinajstić information content (AvgIpc) is 2.81. The van der Waals surface area contributed by atoms with Gasteiger partial charge in [0, 0.05) is 12.0 Å². The fourth-order valence-electron chi connectivity index (χ4n) is 3.19. The van der Waals surface area contributed by atoms with E-state index in [0.29, 0.717) is 5.41 Å². The second-order valence-corrected chi connectivity index (χ2v) is 6.59. The van der Waals surface area contributed by atoms with Gasteiger partial charge < -0.3 is 9.84 Å². The lowest BCUT2D eigenvalue weighted by Gasteiger charge is -2.41. The quantitative estimate of drug-likeness (QED) is 0.823. The van der Waals surface area contributed by atoms with Gasteiger partial charge in [-0.1, -0.05) is 32.0 Å². The summed E-state index contributed by atoms with van der Waals surface area (Å²) in [4.78, 5) is 0. The summed E-state index contributed by atoms with van der Waals surface area (Å²) >= 11 is 0. The number of rotatable bonds is 1.